The minimum Gasteiger partial charge on any atom is -0.399 e. The van der Waals surface area contributed by atoms with Crippen molar-refractivity contribution in [1.82, 2.24) is 0 Å². The minimum absolute atomic E-state index is 0. The van der Waals surface area contributed by atoms with Gasteiger partial charge in [0.1, 0.15) is 0 Å². The average Bonchev–Trinajstić information content (AvgIpc) is 2.43. The Balaban J connectivity index is 0.00000361. The maximum Gasteiger partial charge on any atom is 0.0314 e. The van der Waals surface area contributed by atoms with Crippen LogP contribution in [0.4, 0.5) is 5.69 Å². The summed E-state index contributed by atoms with van der Waals surface area (Å²) < 4.78 is 0. The summed E-state index contributed by atoms with van der Waals surface area (Å²) in [4.78, 5) is 0. The van der Waals surface area contributed by atoms with Crippen LogP contribution in [0.3, 0.4) is 0 Å². The number of anilines is 1. The van der Waals surface area contributed by atoms with Crippen molar-refractivity contribution in [3.63, 3.8) is 0 Å². The number of nitrogens with two attached hydrogens (primary N) is 1. The third kappa shape index (κ3) is 10.5. The summed E-state index contributed by atoms with van der Waals surface area (Å²) in [6.45, 7) is 2.28. The Kier molecular flexibility index (Phi) is 13.5. The summed E-state index contributed by atoms with van der Waals surface area (Å²) in [5.74, 6) is 0. The van der Waals surface area contributed by atoms with Crippen LogP contribution >= 0.6 is 0 Å². The van der Waals surface area contributed by atoms with Gasteiger partial charge in [-0.25, -0.2) is 0 Å². The maximum atomic E-state index is 5.68. The topological polar surface area (TPSA) is 26.0 Å². The molecular formula is C18H31MoN. The van der Waals surface area contributed by atoms with E-state index in [1.807, 2.05) is 12.1 Å². The normalized spacial score (nSPS) is 10.2. The maximum absolute atomic E-state index is 5.68. The van der Waals surface area contributed by atoms with E-state index >= 15 is 0 Å². The predicted molar refractivity (Wildman–Crippen MR) is 86.4 cm³/mol. The standard InChI is InChI=1S/C18H31N.Mo/c1-2-3-4-5-6-7-8-9-10-11-12-17-13-15-18(19)16-14-17;/h13-16H,2-12,19H2,1H3;. The largest absolute Gasteiger partial charge is 0.399 e. The van der Waals surface area contributed by atoms with Gasteiger partial charge in [-0.3, -0.25) is 0 Å². The number of rotatable bonds is 11. The second-order valence-corrected chi connectivity index (χ2v) is 5.67. The van der Waals surface area contributed by atoms with E-state index < -0.39 is 0 Å². The molecule has 2 N–H and O–H groups in total. The molecule has 114 valence electrons. The van der Waals surface area contributed by atoms with E-state index in [1.54, 1.807) is 0 Å². The van der Waals surface area contributed by atoms with Crippen LogP contribution in [0.5, 0.6) is 0 Å². The quantitative estimate of drug-likeness (QED) is 0.305. The first-order valence-electron chi connectivity index (χ1n) is 8.17. The molecule has 0 radical (unpaired) electrons. The van der Waals surface area contributed by atoms with Crippen LogP contribution in [-0.4, -0.2) is 0 Å². The first kappa shape index (κ1) is 19.7. The second-order valence-electron chi connectivity index (χ2n) is 5.67. The van der Waals surface area contributed by atoms with Crippen LogP contribution in [0.2, 0.25) is 0 Å². The van der Waals surface area contributed by atoms with Crippen LogP contribution in [0.1, 0.15) is 76.7 Å². The van der Waals surface area contributed by atoms with E-state index in [0.717, 1.165) is 5.69 Å². The third-order valence-electron chi connectivity index (χ3n) is 3.80. The summed E-state index contributed by atoms with van der Waals surface area (Å²) in [6, 6.07) is 8.32. The fraction of sp³-hybridized carbons (Fsp3) is 0.667. The Bertz CT molecular complexity index is 308. The van der Waals surface area contributed by atoms with Crippen molar-refractivity contribution in [3.8, 4) is 0 Å². The molecule has 1 aromatic rings. The van der Waals surface area contributed by atoms with Gasteiger partial charge in [0.05, 0.1) is 0 Å². The smallest absolute Gasteiger partial charge is 0.0314 e. The van der Waals surface area contributed by atoms with E-state index in [1.165, 1.54) is 76.2 Å². The molecule has 0 aliphatic heterocycles. The molecule has 0 unspecified atom stereocenters. The van der Waals surface area contributed by atoms with Gasteiger partial charge in [-0.2, -0.15) is 0 Å². The fourth-order valence-electron chi connectivity index (χ4n) is 2.50. The Morgan fingerprint density at radius 3 is 1.65 bits per heavy atom. The molecule has 0 amide bonds. The Labute approximate surface area is 140 Å². The van der Waals surface area contributed by atoms with E-state index in [4.69, 9.17) is 5.73 Å². The zero-order valence-corrected chi connectivity index (χ0v) is 15.1. The van der Waals surface area contributed by atoms with Crippen LogP contribution in [-0.2, 0) is 27.5 Å². The number of aryl methyl sites for hydroxylation is 1. The number of unbranched alkanes of at least 4 members (excludes halogenated alkanes) is 9. The molecule has 0 aliphatic carbocycles. The van der Waals surface area contributed by atoms with E-state index in [9.17, 15) is 0 Å². The van der Waals surface area contributed by atoms with Crippen molar-refractivity contribution in [2.45, 2.75) is 77.6 Å². The first-order valence-corrected chi connectivity index (χ1v) is 8.17. The summed E-state index contributed by atoms with van der Waals surface area (Å²) in [5.41, 5.74) is 7.97. The van der Waals surface area contributed by atoms with Crippen molar-refractivity contribution < 1.29 is 21.1 Å². The monoisotopic (exact) mass is 359 g/mol. The van der Waals surface area contributed by atoms with E-state index in [2.05, 4.69) is 19.1 Å². The molecule has 0 saturated carbocycles. The van der Waals surface area contributed by atoms with Crippen LogP contribution in [0.25, 0.3) is 0 Å². The molecule has 0 aliphatic rings. The number of hydrogen-bond acceptors (Lipinski definition) is 1. The molecule has 0 aromatic heterocycles. The van der Waals surface area contributed by atoms with Gasteiger partial charge in [0, 0.05) is 26.8 Å². The van der Waals surface area contributed by atoms with Gasteiger partial charge in [0.15, 0.2) is 0 Å². The molecule has 1 rings (SSSR count). The molecule has 20 heavy (non-hydrogen) atoms. The van der Waals surface area contributed by atoms with Gasteiger partial charge in [0.2, 0.25) is 0 Å². The molecule has 0 spiro atoms. The minimum atomic E-state index is 0. The van der Waals surface area contributed by atoms with Crippen molar-refractivity contribution in [2.24, 2.45) is 0 Å². The molecule has 1 nitrogen and oxygen atoms in total. The Hall–Kier alpha value is -0.292. The number of nitrogen functional groups attached to an aromatic ring is 1. The van der Waals surface area contributed by atoms with Crippen molar-refractivity contribution in [1.29, 1.82) is 0 Å². The Morgan fingerprint density at radius 2 is 1.15 bits per heavy atom. The summed E-state index contributed by atoms with van der Waals surface area (Å²) in [7, 11) is 0. The molecule has 0 bridgehead atoms. The molecule has 0 fully saturated rings. The average molecular weight is 357 g/mol. The van der Waals surface area contributed by atoms with Crippen LogP contribution in [0.15, 0.2) is 24.3 Å². The summed E-state index contributed by atoms with van der Waals surface area (Å²) in [6.07, 6.45) is 15.3. The van der Waals surface area contributed by atoms with Crippen molar-refractivity contribution >= 4 is 5.69 Å². The summed E-state index contributed by atoms with van der Waals surface area (Å²) in [5, 5.41) is 0. The van der Waals surface area contributed by atoms with Gasteiger partial charge in [0.25, 0.3) is 0 Å². The number of hydrogen-bond donors (Lipinski definition) is 1. The molecular weight excluding hydrogens is 326 g/mol. The van der Waals surface area contributed by atoms with E-state index in [-0.39, 0.29) is 21.1 Å². The molecule has 0 atom stereocenters. The van der Waals surface area contributed by atoms with Gasteiger partial charge >= 0.3 is 0 Å². The molecule has 0 heterocycles. The third-order valence-corrected chi connectivity index (χ3v) is 3.80. The van der Waals surface area contributed by atoms with Gasteiger partial charge in [-0.15, -0.1) is 0 Å². The first-order chi connectivity index (χ1) is 9.33. The zero-order valence-electron chi connectivity index (χ0n) is 13.1. The molecule has 0 saturated heterocycles. The molecule has 2 heteroatoms. The Morgan fingerprint density at radius 1 is 0.700 bits per heavy atom. The number of benzene rings is 1. The summed E-state index contributed by atoms with van der Waals surface area (Å²) >= 11 is 0. The van der Waals surface area contributed by atoms with Gasteiger partial charge < -0.3 is 5.73 Å². The van der Waals surface area contributed by atoms with Crippen molar-refractivity contribution in [2.75, 3.05) is 5.73 Å². The molecule has 1 aromatic carbocycles. The predicted octanol–water partition coefficient (Wildman–Crippen LogP) is 5.73. The van der Waals surface area contributed by atoms with Crippen molar-refractivity contribution in [3.05, 3.63) is 29.8 Å². The second kappa shape index (κ2) is 13.7. The van der Waals surface area contributed by atoms with Crippen LogP contribution in [0, 0.1) is 0 Å². The SMILES string of the molecule is CCCCCCCCCCCCc1ccc(N)cc1.[Mo]. The van der Waals surface area contributed by atoms with E-state index in [0.29, 0.717) is 0 Å². The van der Waals surface area contributed by atoms with Gasteiger partial charge in [-0.1, -0.05) is 76.8 Å². The fourth-order valence-corrected chi connectivity index (χ4v) is 2.50. The zero-order chi connectivity index (χ0) is 13.8. The van der Waals surface area contributed by atoms with Gasteiger partial charge in [-0.05, 0) is 30.5 Å². The van der Waals surface area contributed by atoms with Crippen LogP contribution < -0.4 is 5.73 Å².